The number of hydrogen-bond acceptors (Lipinski definition) is 1. The summed E-state index contributed by atoms with van der Waals surface area (Å²) in [6.07, 6.45) is 2.73. The maximum atomic E-state index is 11.6. The molecule has 0 aliphatic heterocycles. The van der Waals surface area contributed by atoms with E-state index in [1.807, 2.05) is 0 Å². The second kappa shape index (κ2) is 2.80. The van der Waals surface area contributed by atoms with Crippen LogP contribution in [0.1, 0.15) is 25.7 Å². The molecule has 0 radical (unpaired) electrons. The first kappa shape index (κ1) is 6.52. The number of amides is 1. The molecule has 0 bridgehead atoms. The lowest BCUT2D eigenvalue weighted by Crippen LogP contribution is -2.28. The Labute approximate surface area is 53.4 Å². The molecule has 1 aliphatic carbocycles. The van der Waals surface area contributed by atoms with Gasteiger partial charge >= 0.3 is 6.16 Å². The van der Waals surface area contributed by atoms with Crippen molar-refractivity contribution in [3.8, 4) is 0 Å². The summed E-state index contributed by atoms with van der Waals surface area (Å²) in [5, 5.41) is 2.24. The maximum Gasteiger partial charge on any atom is 0.397 e. The van der Waals surface area contributed by atoms with Gasteiger partial charge in [0, 0.05) is 6.04 Å². The fraction of sp³-hybridized carbons (Fsp3) is 0.833. The third-order valence-corrected chi connectivity index (χ3v) is 1.67. The normalized spacial score (nSPS) is 20.1. The zero-order valence-electron chi connectivity index (χ0n) is 5.19. The number of carbonyl (C=O) groups is 1. The molecule has 1 amide bonds. The van der Waals surface area contributed by atoms with Crippen molar-refractivity contribution < 1.29 is 9.18 Å². The van der Waals surface area contributed by atoms with Gasteiger partial charge in [0.1, 0.15) is 0 Å². The predicted octanol–water partition coefficient (Wildman–Crippen LogP) is 1.61. The quantitative estimate of drug-likeness (QED) is 0.425. The van der Waals surface area contributed by atoms with Crippen LogP contribution < -0.4 is 5.32 Å². The van der Waals surface area contributed by atoms with Gasteiger partial charge in [-0.2, -0.15) is 0 Å². The summed E-state index contributed by atoms with van der Waals surface area (Å²) >= 11 is 0. The SMILES string of the molecule is O=C(F)NC1CCCC1. The summed E-state index contributed by atoms with van der Waals surface area (Å²) in [7, 11) is 0. The second-order valence-electron chi connectivity index (χ2n) is 2.40. The van der Waals surface area contributed by atoms with E-state index in [1.54, 1.807) is 0 Å². The lowest BCUT2D eigenvalue weighted by atomic mass is 10.3. The van der Waals surface area contributed by atoms with Crippen LogP contribution in [0, 0.1) is 0 Å². The van der Waals surface area contributed by atoms with E-state index in [1.165, 1.54) is 0 Å². The number of halogens is 1. The highest BCUT2D eigenvalue weighted by Gasteiger charge is 2.15. The molecule has 2 nitrogen and oxygen atoms in total. The minimum atomic E-state index is -1.39. The van der Waals surface area contributed by atoms with Gasteiger partial charge in [-0.25, -0.2) is 4.79 Å². The van der Waals surface area contributed by atoms with Crippen LogP contribution in [0.5, 0.6) is 0 Å². The number of hydrogen-bond donors (Lipinski definition) is 1. The van der Waals surface area contributed by atoms with Gasteiger partial charge in [0.05, 0.1) is 0 Å². The molecule has 1 aliphatic rings. The molecule has 9 heavy (non-hydrogen) atoms. The molecule has 1 fully saturated rings. The van der Waals surface area contributed by atoms with Crippen LogP contribution in [0.15, 0.2) is 0 Å². The van der Waals surface area contributed by atoms with Crippen molar-refractivity contribution >= 4 is 6.16 Å². The van der Waals surface area contributed by atoms with E-state index in [2.05, 4.69) is 5.32 Å². The summed E-state index contributed by atoms with van der Waals surface area (Å²) in [5.74, 6) is 0. The van der Waals surface area contributed by atoms with Crippen molar-refractivity contribution in [3.63, 3.8) is 0 Å². The van der Waals surface area contributed by atoms with Crippen LogP contribution in [-0.4, -0.2) is 12.2 Å². The number of nitrogens with one attached hydrogen (secondary N) is 1. The van der Waals surface area contributed by atoms with Gasteiger partial charge in [-0.1, -0.05) is 12.8 Å². The van der Waals surface area contributed by atoms with Gasteiger partial charge in [-0.15, -0.1) is 4.39 Å². The van der Waals surface area contributed by atoms with E-state index in [4.69, 9.17) is 0 Å². The second-order valence-corrected chi connectivity index (χ2v) is 2.40. The fourth-order valence-corrected chi connectivity index (χ4v) is 1.23. The Morgan fingerprint density at radius 3 is 2.44 bits per heavy atom. The van der Waals surface area contributed by atoms with Crippen LogP contribution >= 0.6 is 0 Å². The molecule has 0 spiro atoms. The molecular weight excluding hydrogens is 121 g/mol. The molecular formula is C6H10FNO. The topological polar surface area (TPSA) is 29.1 Å². The molecule has 52 valence electrons. The molecule has 1 N–H and O–H groups in total. The Hall–Kier alpha value is -0.600. The third-order valence-electron chi connectivity index (χ3n) is 1.67. The van der Waals surface area contributed by atoms with Gasteiger partial charge in [0.2, 0.25) is 0 Å². The van der Waals surface area contributed by atoms with Crippen molar-refractivity contribution in [1.29, 1.82) is 0 Å². The monoisotopic (exact) mass is 131 g/mol. The van der Waals surface area contributed by atoms with Gasteiger partial charge < -0.3 is 5.32 Å². The molecule has 0 aromatic heterocycles. The molecule has 0 heterocycles. The first-order valence-electron chi connectivity index (χ1n) is 3.25. The first-order valence-corrected chi connectivity index (χ1v) is 3.25. The van der Waals surface area contributed by atoms with E-state index >= 15 is 0 Å². The minimum Gasteiger partial charge on any atom is -0.325 e. The van der Waals surface area contributed by atoms with Crippen molar-refractivity contribution in [2.75, 3.05) is 0 Å². The summed E-state index contributed by atoms with van der Waals surface area (Å²) in [4.78, 5) is 9.82. The van der Waals surface area contributed by atoms with E-state index < -0.39 is 6.16 Å². The van der Waals surface area contributed by atoms with Gasteiger partial charge in [-0.3, -0.25) is 0 Å². The Bertz CT molecular complexity index is 110. The predicted molar refractivity (Wildman–Crippen MR) is 31.9 cm³/mol. The van der Waals surface area contributed by atoms with Crippen LogP contribution in [0.4, 0.5) is 9.18 Å². The zero-order chi connectivity index (χ0) is 6.69. The highest BCUT2D eigenvalue weighted by molar-refractivity contribution is 5.65. The molecule has 3 heteroatoms. The van der Waals surface area contributed by atoms with Crippen LogP contribution in [0.25, 0.3) is 0 Å². The van der Waals surface area contributed by atoms with E-state index in [9.17, 15) is 9.18 Å². The number of rotatable bonds is 1. The fourth-order valence-electron chi connectivity index (χ4n) is 1.23. The molecule has 0 atom stereocenters. The Morgan fingerprint density at radius 1 is 1.44 bits per heavy atom. The Balaban J connectivity index is 2.19. The van der Waals surface area contributed by atoms with E-state index in [0.717, 1.165) is 25.7 Å². The lowest BCUT2D eigenvalue weighted by molar-refractivity contribution is 0.217. The van der Waals surface area contributed by atoms with E-state index in [0.29, 0.717) is 0 Å². The summed E-state index contributed by atoms with van der Waals surface area (Å²) in [5.41, 5.74) is 0. The van der Waals surface area contributed by atoms with E-state index in [-0.39, 0.29) is 6.04 Å². The van der Waals surface area contributed by atoms with Gasteiger partial charge in [0.15, 0.2) is 0 Å². The van der Waals surface area contributed by atoms with Gasteiger partial charge in [-0.05, 0) is 12.8 Å². The van der Waals surface area contributed by atoms with Crippen LogP contribution in [-0.2, 0) is 0 Å². The van der Waals surface area contributed by atoms with Crippen molar-refractivity contribution in [2.24, 2.45) is 0 Å². The number of carbonyl (C=O) groups excluding carboxylic acids is 1. The first-order chi connectivity index (χ1) is 4.29. The molecule has 0 saturated heterocycles. The van der Waals surface area contributed by atoms with Crippen molar-refractivity contribution in [2.45, 2.75) is 31.7 Å². The standard InChI is InChI=1S/C6H10FNO/c7-6(9)8-5-3-1-2-4-5/h5H,1-4H2,(H,8,9). The average molecular weight is 131 g/mol. The van der Waals surface area contributed by atoms with Crippen molar-refractivity contribution in [1.82, 2.24) is 5.32 Å². The highest BCUT2D eigenvalue weighted by Crippen LogP contribution is 2.17. The third kappa shape index (κ3) is 2.00. The lowest BCUT2D eigenvalue weighted by Gasteiger charge is -2.05. The molecule has 0 unspecified atom stereocenters. The van der Waals surface area contributed by atoms with Crippen LogP contribution in [0.3, 0.4) is 0 Å². The molecule has 0 aromatic rings. The Kier molecular flexibility index (Phi) is 2.03. The summed E-state index contributed by atoms with van der Waals surface area (Å²) in [6.45, 7) is 0. The molecule has 1 saturated carbocycles. The zero-order valence-corrected chi connectivity index (χ0v) is 5.19. The summed E-state index contributed by atoms with van der Waals surface area (Å²) < 4.78 is 11.6. The Morgan fingerprint density at radius 2 is 2.00 bits per heavy atom. The largest absolute Gasteiger partial charge is 0.397 e. The molecule has 1 rings (SSSR count). The minimum absolute atomic E-state index is 0.113. The smallest absolute Gasteiger partial charge is 0.325 e. The van der Waals surface area contributed by atoms with Crippen molar-refractivity contribution in [3.05, 3.63) is 0 Å². The maximum absolute atomic E-state index is 11.6. The summed E-state index contributed by atoms with van der Waals surface area (Å²) in [6, 6.07) is 0.113. The van der Waals surface area contributed by atoms with Gasteiger partial charge in [0.25, 0.3) is 0 Å². The average Bonchev–Trinajstić information content (AvgIpc) is 2.15. The highest BCUT2D eigenvalue weighted by atomic mass is 19.1. The van der Waals surface area contributed by atoms with Crippen LogP contribution in [0.2, 0.25) is 0 Å². The molecule has 0 aromatic carbocycles.